The summed E-state index contributed by atoms with van der Waals surface area (Å²) in [6.45, 7) is -1.64. The van der Waals surface area contributed by atoms with Crippen LogP contribution in [0.2, 0.25) is 0 Å². The van der Waals surface area contributed by atoms with Gasteiger partial charge in [0, 0.05) is 0 Å². The van der Waals surface area contributed by atoms with Gasteiger partial charge >= 0.3 is 12.3 Å². The summed E-state index contributed by atoms with van der Waals surface area (Å²) in [5, 5.41) is 4.83. The van der Waals surface area contributed by atoms with Crippen LogP contribution in [0.3, 0.4) is 0 Å². The third-order valence-corrected chi connectivity index (χ3v) is 3.04. The molecular formula is C9H10F4N2O3S. The molecule has 1 aromatic rings. The zero-order valence-corrected chi connectivity index (χ0v) is 10.1. The predicted octanol–water partition coefficient (Wildman–Crippen LogP) is 1.20. The van der Waals surface area contributed by atoms with Gasteiger partial charge in [0.2, 0.25) is 10.0 Å². The minimum Gasteiger partial charge on any atom is -0.485 e. The molecule has 0 aliphatic rings. The number of hydrogen-bond donors (Lipinski definition) is 2. The maximum absolute atomic E-state index is 12.6. The van der Waals surface area contributed by atoms with Gasteiger partial charge in [0.25, 0.3) is 0 Å². The van der Waals surface area contributed by atoms with Crippen molar-refractivity contribution < 1.29 is 30.7 Å². The fraction of sp³-hybridized carbons (Fsp3) is 0.333. The van der Waals surface area contributed by atoms with Crippen LogP contribution >= 0.6 is 0 Å². The third-order valence-electron chi connectivity index (χ3n) is 2.07. The van der Waals surface area contributed by atoms with E-state index in [4.69, 9.17) is 10.9 Å². The van der Waals surface area contributed by atoms with E-state index in [2.05, 4.69) is 4.74 Å². The molecule has 0 amide bonds. The Balaban J connectivity index is 2.99. The van der Waals surface area contributed by atoms with Crippen LogP contribution in [0.4, 0.5) is 23.2 Å². The summed E-state index contributed by atoms with van der Waals surface area (Å²) in [5.74, 6) is -4.84. The van der Waals surface area contributed by atoms with E-state index in [1.54, 1.807) is 0 Å². The van der Waals surface area contributed by atoms with E-state index in [9.17, 15) is 26.0 Å². The molecule has 0 aliphatic heterocycles. The molecule has 19 heavy (non-hydrogen) atoms. The van der Waals surface area contributed by atoms with Crippen LogP contribution in [-0.2, 0) is 10.0 Å². The highest BCUT2D eigenvalue weighted by molar-refractivity contribution is 7.89. The van der Waals surface area contributed by atoms with Crippen molar-refractivity contribution >= 4 is 15.7 Å². The van der Waals surface area contributed by atoms with Crippen molar-refractivity contribution in [2.75, 3.05) is 12.3 Å². The van der Waals surface area contributed by atoms with Crippen LogP contribution in [0.1, 0.15) is 0 Å². The normalized spacial score (nSPS) is 12.7. The number of ether oxygens (including phenoxy) is 1. The first-order chi connectivity index (χ1) is 8.55. The van der Waals surface area contributed by atoms with Gasteiger partial charge in [0.05, 0.1) is 5.69 Å². The number of alkyl halides is 4. The van der Waals surface area contributed by atoms with E-state index in [1.807, 2.05) is 0 Å². The average molecular weight is 302 g/mol. The Morgan fingerprint density at radius 2 is 1.89 bits per heavy atom. The van der Waals surface area contributed by atoms with Gasteiger partial charge in [0.15, 0.2) is 6.61 Å². The summed E-state index contributed by atoms with van der Waals surface area (Å²) in [7, 11) is -4.17. The van der Waals surface area contributed by atoms with Crippen LogP contribution in [-0.4, -0.2) is 27.4 Å². The quantitative estimate of drug-likeness (QED) is 0.631. The fourth-order valence-corrected chi connectivity index (χ4v) is 1.81. The van der Waals surface area contributed by atoms with E-state index in [-0.39, 0.29) is 0 Å². The number of primary sulfonamides is 1. The van der Waals surface area contributed by atoms with Crippen LogP contribution in [0, 0.1) is 0 Å². The monoisotopic (exact) mass is 302 g/mol. The van der Waals surface area contributed by atoms with Crippen molar-refractivity contribution in [3.63, 3.8) is 0 Å². The Kier molecular flexibility index (Phi) is 4.25. The molecule has 0 unspecified atom stereocenters. The lowest BCUT2D eigenvalue weighted by Gasteiger charge is -2.17. The Morgan fingerprint density at radius 3 is 2.37 bits per heavy atom. The van der Waals surface area contributed by atoms with E-state index in [1.165, 1.54) is 0 Å². The SMILES string of the molecule is Nc1c(OCC(F)(F)C(F)F)cccc1S(N)(=O)=O. The van der Waals surface area contributed by atoms with E-state index in [0.717, 1.165) is 18.2 Å². The van der Waals surface area contributed by atoms with Gasteiger partial charge in [-0.25, -0.2) is 22.3 Å². The van der Waals surface area contributed by atoms with Gasteiger partial charge in [-0.05, 0) is 12.1 Å². The fourth-order valence-electron chi connectivity index (χ4n) is 1.13. The van der Waals surface area contributed by atoms with Crippen LogP contribution in [0.25, 0.3) is 0 Å². The van der Waals surface area contributed by atoms with Gasteiger partial charge in [-0.15, -0.1) is 0 Å². The summed E-state index contributed by atoms with van der Waals surface area (Å²) < 4.78 is 75.7. The lowest BCUT2D eigenvalue weighted by molar-refractivity contribution is -0.148. The molecule has 108 valence electrons. The number of halogens is 4. The van der Waals surface area contributed by atoms with E-state index in [0.29, 0.717) is 0 Å². The van der Waals surface area contributed by atoms with Crippen molar-refractivity contribution in [2.45, 2.75) is 17.2 Å². The van der Waals surface area contributed by atoms with Crippen LogP contribution < -0.4 is 15.6 Å². The minimum absolute atomic E-state index is 0.466. The van der Waals surface area contributed by atoms with Crippen molar-refractivity contribution in [3.8, 4) is 5.75 Å². The standard InChI is InChI=1S/C9H10F4N2O3S/c10-8(11)9(12,13)4-18-5-2-1-3-6(7(5)14)19(15,16)17/h1-3,8H,4,14H2,(H2,15,16,17). The Hall–Kier alpha value is -1.55. The van der Waals surface area contributed by atoms with Gasteiger partial charge in [-0.1, -0.05) is 6.07 Å². The summed E-state index contributed by atoms with van der Waals surface area (Å²) in [5.41, 5.74) is 4.84. The minimum atomic E-state index is -4.37. The zero-order valence-electron chi connectivity index (χ0n) is 9.32. The first-order valence-electron chi connectivity index (χ1n) is 4.76. The topological polar surface area (TPSA) is 95.4 Å². The van der Waals surface area contributed by atoms with Crippen LogP contribution in [0.5, 0.6) is 5.75 Å². The number of nitrogen functional groups attached to an aromatic ring is 1. The molecule has 0 aliphatic carbocycles. The number of benzene rings is 1. The maximum atomic E-state index is 12.6. The first kappa shape index (κ1) is 15.5. The molecule has 1 aromatic carbocycles. The molecule has 0 bridgehead atoms. The van der Waals surface area contributed by atoms with E-state index >= 15 is 0 Å². The maximum Gasteiger partial charge on any atom is 0.340 e. The second kappa shape index (κ2) is 5.21. The second-order valence-corrected chi connectivity index (χ2v) is 5.09. The smallest absolute Gasteiger partial charge is 0.340 e. The van der Waals surface area contributed by atoms with Gasteiger partial charge < -0.3 is 10.5 Å². The van der Waals surface area contributed by atoms with Crippen molar-refractivity contribution in [1.82, 2.24) is 0 Å². The molecule has 0 spiro atoms. The highest BCUT2D eigenvalue weighted by Gasteiger charge is 2.41. The summed E-state index contributed by atoms with van der Waals surface area (Å²) in [6.07, 6.45) is -3.91. The zero-order chi connectivity index (χ0) is 14.8. The van der Waals surface area contributed by atoms with Crippen molar-refractivity contribution in [3.05, 3.63) is 18.2 Å². The molecule has 0 fully saturated rings. The summed E-state index contributed by atoms with van der Waals surface area (Å²) in [6, 6.07) is 3.22. The predicted molar refractivity (Wildman–Crippen MR) is 58.7 cm³/mol. The lowest BCUT2D eigenvalue weighted by Crippen LogP contribution is -2.34. The molecule has 0 saturated heterocycles. The highest BCUT2D eigenvalue weighted by atomic mass is 32.2. The third kappa shape index (κ3) is 3.70. The molecule has 0 atom stereocenters. The Labute approximate surface area is 106 Å². The second-order valence-electron chi connectivity index (χ2n) is 3.56. The van der Waals surface area contributed by atoms with Gasteiger partial charge in [0.1, 0.15) is 10.6 Å². The molecule has 10 heteroatoms. The van der Waals surface area contributed by atoms with E-state index < -0.39 is 45.3 Å². The summed E-state index contributed by atoms with van der Waals surface area (Å²) >= 11 is 0. The molecule has 0 aromatic heterocycles. The number of hydrogen-bond acceptors (Lipinski definition) is 4. The van der Waals surface area contributed by atoms with Crippen LogP contribution in [0.15, 0.2) is 23.1 Å². The van der Waals surface area contributed by atoms with Crippen molar-refractivity contribution in [1.29, 1.82) is 0 Å². The Morgan fingerprint density at radius 1 is 1.32 bits per heavy atom. The molecule has 0 radical (unpaired) electrons. The number of sulfonamides is 1. The van der Waals surface area contributed by atoms with Gasteiger partial charge in [-0.2, -0.15) is 8.78 Å². The summed E-state index contributed by atoms with van der Waals surface area (Å²) in [4.78, 5) is -0.537. The molecule has 4 N–H and O–H groups in total. The Bertz CT molecular complexity index is 563. The first-order valence-corrected chi connectivity index (χ1v) is 6.30. The molecule has 5 nitrogen and oxygen atoms in total. The largest absolute Gasteiger partial charge is 0.485 e. The number of nitrogens with two attached hydrogens (primary N) is 2. The average Bonchev–Trinajstić information content (AvgIpc) is 2.25. The highest BCUT2D eigenvalue weighted by Crippen LogP contribution is 2.30. The molecule has 0 heterocycles. The number of anilines is 1. The molecule has 0 saturated carbocycles. The van der Waals surface area contributed by atoms with Gasteiger partial charge in [-0.3, -0.25) is 0 Å². The lowest BCUT2D eigenvalue weighted by atomic mass is 10.3. The number of para-hydroxylation sites is 1. The molecular weight excluding hydrogens is 292 g/mol. The molecule has 1 rings (SSSR count). The number of rotatable bonds is 5. The van der Waals surface area contributed by atoms with Crippen molar-refractivity contribution in [2.24, 2.45) is 5.14 Å².